The molecule has 0 aliphatic heterocycles. The molecule has 0 rings (SSSR count). The maximum Gasteiger partial charge on any atom is 0.306 e. The van der Waals surface area contributed by atoms with E-state index in [9.17, 15) is 14.4 Å². The smallest absolute Gasteiger partial charge is 0.306 e. The Morgan fingerprint density at radius 1 is 0.438 bits per heavy atom. The van der Waals surface area contributed by atoms with Crippen LogP contribution in [0.1, 0.15) is 181 Å². The lowest BCUT2D eigenvalue weighted by Gasteiger charge is -2.18. The molecule has 0 radical (unpaired) electrons. The molecule has 0 aromatic rings. The topological polar surface area (TPSA) is 78.9 Å². The largest absolute Gasteiger partial charge is 0.462 e. The molecule has 0 N–H and O–H groups in total. The van der Waals surface area contributed by atoms with Crippen LogP contribution in [-0.2, 0) is 28.6 Å². The van der Waals surface area contributed by atoms with E-state index in [2.05, 4.69) is 69.4 Å². The Labute approximate surface area is 295 Å². The molecular formula is C42H72O6. The number of carbonyl (C=O) groups excluding carboxylic acids is 3. The van der Waals surface area contributed by atoms with Crippen LogP contribution in [-0.4, -0.2) is 37.2 Å². The summed E-state index contributed by atoms with van der Waals surface area (Å²) in [6, 6.07) is 0. The minimum atomic E-state index is -0.773. The maximum absolute atomic E-state index is 12.5. The zero-order valence-electron chi connectivity index (χ0n) is 31.2. The highest BCUT2D eigenvalue weighted by Crippen LogP contribution is 2.12. The van der Waals surface area contributed by atoms with Crippen LogP contribution in [0.3, 0.4) is 0 Å². The first kappa shape index (κ1) is 45.4. The van der Waals surface area contributed by atoms with Crippen molar-refractivity contribution in [3.05, 3.63) is 48.6 Å². The summed E-state index contributed by atoms with van der Waals surface area (Å²) in [5.74, 6) is -0.930. The summed E-state index contributed by atoms with van der Waals surface area (Å²) in [5.41, 5.74) is 0. The van der Waals surface area contributed by atoms with Crippen molar-refractivity contribution in [2.75, 3.05) is 13.2 Å². The Balaban J connectivity index is 4.28. The van der Waals surface area contributed by atoms with E-state index in [0.717, 1.165) is 96.3 Å². The van der Waals surface area contributed by atoms with Crippen molar-refractivity contribution >= 4 is 17.9 Å². The lowest BCUT2D eigenvalue weighted by Crippen LogP contribution is -2.30. The van der Waals surface area contributed by atoms with Crippen molar-refractivity contribution < 1.29 is 28.6 Å². The number of hydrogen-bond donors (Lipinski definition) is 0. The van der Waals surface area contributed by atoms with Gasteiger partial charge in [0.1, 0.15) is 13.2 Å². The lowest BCUT2D eigenvalue weighted by atomic mass is 10.1. The lowest BCUT2D eigenvalue weighted by molar-refractivity contribution is -0.167. The van der Waals surface area contributed by atoms with E-state index in [1.807, 2.05) is 0 Å². The van der Waals surface area contributed by atoms with Crippen LogP contribution in [0, 0.1) is 0 Å². The number of rotatable bonds is 34. The second kappa shape index (κ2) is 37.2. The van der Waals surface area contributed by atoms with Gasteiger partial charge in [-0.15, -0.1) is 0 Å². The summed E-state index contributed by atoms with van der Waals surface area (Å²) in [5, 5.41) is 0. The van der Waals surface area contributed by atoms with Crippen molar-refractivity contribution in [2.45, 2.75) is 187 Å². The molecule has 6 nitrogen and oxygen atoms in total. The normalized spacial score (nSPS) is 12.5. The molecule has 0 aromatic heterocycles. The van der Waals surface area contributed by atoms with Gasteiger partial charge in [0.15, 0.2) is 6.10 Å². The molecular weight excluding hydrogens is 600 g/mol. The van der Waals surface area contributed by atoms with Gasteiger partial charge in [0.05, 0.1) is 0 Å². The second-order valence-corrected chi connectivity index (χ2v) is 12.8. The Bertz CT molecular complexity index is 871. The standard InChI is InChI=1S/C42H72O6/c1-4-7-10-13-16-17-18-19-20-21-22-23-24-25-27-29-32-35-41(44)47-38-39(37-46-40(43)34-31-28-15-12-9-6-3)48-42(45)36-33-30-26-14-11-8-5-2/h7,10,16-17,19-20,22-23,39H,4-6,8-9,11-15,18,21,24-38H2,1-3H3/b10-7-,17-16-,20-19-,23-22-. The van der Waals surface area contributed by atoms with Crippen molar-refractivity contribution in [3.8, 4) is 0 Å². The molecule has 6 heteroatoms. The zero-order valence-corrected chi connectivity index (χ0v) is 31.2. The highest BCUT2D eigenvalue weighted by molar-refractivity contribution is 5.71. The third-order valence-corrected chi connectivity index (χ3v) is 8.10. The van der Waals surface area contributed by atoms with Crippen LogP contribution in [0.4, 0.5) is 0 Å². The fourth-order valence-electron chi connectivity index (χ4n) is 5.14. The average Bonchev–Trinajstić information content (AvgIpc) is 3.08. The molecule has 0 bridgehead atoms. The monoisotopic (exact) mass is 673 g/mol. The Kier molecular flexibility index (Phi) is 35.2. The van der Waals surface area contributed by atoms with Gasteiger partial charge in [0.2, 0.25) is 0 Å². The van der Waals surface area contributed by atoms with Crippen LogP contribution in [0.25, 0.3) is 0 Å². The van der Waals surface area contributed by atoms with Gasteiger partial charge in [0, 0.05) is 19.3 Å². The predicted molar refractivity (Wildman–Crippen MR) is 201 cm³/mol. The summed E-state index contributed by atoms with van der Waals surface area (Å²) in [4.78, 5) is 37.2. The molecule has 0 heterocycles. The minimum absolute atomic E-state index is 0.0813. The summed E-state index contributed by atoms with van der Waals surface area (Å²) >= 11 is 0. The number of allylic oxidation sites excluding steroid dienone is 8. The molecule has 0 aliphatic rings. The summed E-state index contributed by atoms with van der Waals surface area (Å²) in [7, 11) is 0. The molecule has 0 fully saturated rings. The van der Waals surface area contributed by atoms with Gasteiger partial charge in [-0.25, -0.2) is 0 Å². The predicted octanol–water partition coefficient (Wildman–Crippen LogP) is 12.0. The number of hydrogen-bond acceptors (Lipinski definition) is 6. The van der Waals surface area contributed by atoms with Crippen LogP contribution < -0.4 is 0 Å². The Hall–Kier alpha value is -2.63. The fourth-order valence-corrected chi connectivity index (χ4v) is 5.14. The molecule has 1 unspecified atom stereocenters. The zero-order chi connectivity index (χ0) is 35.2. The van der Waals surface area contributed by atoms with Crippen LogP contribution in [0.2, 0.25) is 0 Å². The fraction of sp³-hybridized carbons (Fsp3) is 0.738. The van der Waals surface area contributed by atoms with E-state index in [-0.39, 0.29) is 31.1 Å². The van der Waals surface area contributed by atoms with Crippen LogP contribution >= 0.6 is 0 Å². The summed E-state index contributed by atoms with van der Waals surface area (Å²) < 4.78 is 16.5. The Morgan fingerprint density at radius 3 is 1.27 bits per heavy atom. The highest BCUT2D eigenvalue weighted by atomic mass is 16.6. The van der Waals surface area contributed by atoms with E-state index in [0.29, 0.717) is 19.3 Å². The quantitative estimate of drug-likeness (QED) is 0.0293. The van der Waals surface area contributed by atoms with E-state index < -0.39 is 6.10 Å². The minimum Gasteiger partial charge on any atom is -0.462 e. The molecule has 0 saturated heterocycles. The van der Waals surface area contributed by atoms with Crippen molar-refractivity contribution in [1.29, 1.82) is 0 Å². The first-order chi connectivity index (χ1) is 23.5. The van der Waals surface area contributed by atoms with Gasteiger partial charge in [-0.1, -0.05) is 153 Å². The molecule has 1 atom stereocenters. The molecule has 0 saturated carbocycles. The first-order valence-electron chi connectivity index (χ1n) is 19.6. The van der Waals surface area contributed by atoms with Crippen molar-refractivity contribution in [1.82, 2.24) is 0 Å². The van der Waals surface area contributed by atoms with E-state index in [1.165, 1.54) is 44.9 Å². The van der Waals surface area contributed by atoms with E-state index in [1.54, 1.807) is 0 Å². The molecule has 0 spiro atoms. The average molecular weight is 673 g/mol. The van der Waals surface area contributed by atoms with Gasteiger partial charge >= 0.3 is 17.9 Å². The van der Waals surface area contributed by atoms with Crippen LogP contribution in [0.5, 0.6) is 0 Å². The summed E-state index contributed by atoms with van der Waals surface area (Å²) in [6.45, 7) is 6.36. The van der Waals surface area contributed by atoms with Gasteiger partial charge < -0.3 is 14.2 Å². The van der Waals surface area contributed by atoms with Gasteiger partial charge in [-0.3, -0.25) is 14.4 Å². The number of carbonyl (C=O) groups is 3. The first-order valence-corrected chi connectivity index (χ1v) is 19.6. The molecule has 48 heavy (non-hydrogen) atoms. The number of esters is 3. The second-order valence-electron chi connectivity index (χ2n) is 12.8. The summed E-state index contributed by atoms with van der Waals surface area (Å²) in [6.07, 6.45) is 41.2. The third-order valence-electron chi connectivity index (χ3n) is 8.10. The van der Waals surface area contributed by atoms with Gasteiger partial charge in [-0.2, -0.15) is 0 Å². The van der Waals surface area contributed by atoms with Gasteiger partial charge in [0.25, 0.3) is 0 Å². The molecule has 0 amide bonds. The molecule has 0 aromatic carbocycles. The highest BCUT2D eigenvalue weighted by Gasteiger charge is 2.19. The Morgan fingerprint density at radius 2 is 0.812 bits per heavy atom. The third kappa shape index (κ3) is 34.7. The molecule has 0 aliphatic carbocycles. The van der Waals surface area contributed by atoms with E-state index >= 15 is 0 Å². The molecule has 276 valence electrons. The van der Waals surface area contributed by atoms with Gasteiger partial charge in [-0.05, 0) is 57.8 Å². The van der Waals surface area contributed by atoms with Crippen molar-refractivity contribution in [2.24, 2.45) is 0 Å². The number of ether oxygens (including phenoxy) is 3. The number of unbranched alkanes of at least 4 members (excludes halogenated alkanes) is 15. The SMILES string of the molecule is CC/C=C\C/C=C\C/C=C\C/C=C\CCCCCCC(=O)OCC(COC(=O)CCCCCCCC)OC(=O)CCCCCCCCC. The van der Waals surface area contributed by atoms with Crippen LogP contribution in [0.15, 0.2) is 48.6 Å². The van der Waals surface area contributed by atoms with E-state index in [4.69, 9.17) is 14.2 Å². The van der Waals surface area contributed by atoms with Crippen molar-refractivity contribution in [3.63, 3.8) is 0 Å². The maximum atomic E-state index is 12.5.